The van der Waals surface area contributed by atoms with E-state index in [2.05, 4.69) is 5.32 Å². The fourth-order valence-electron chi connectivity index (χ4n) is 2.28. The Hall–Kier alpha value is -2.62. The van der Waals surface area contributed by atoms with Gasteiger partial charge < -0.3 is 15.1 Å². The summed E-state index contributed by atoms with van der Waals surface area (Å²) in [5, 5.41) is 11.3. The van der Waals surface area contributed by atoms with E-state index in [1.807, 2.05) is 6.07 Å². The van der Waals surface area contributed by atoms with Crippen molar-refractivity contribution in [1.29, 1.82) is 5.26 Å². The summed E-state index contributed by atoms with van der Waals surface area (Å²) in [6.07, 6.45) is 0.463. The van der Waals surface area contributed by atoms with E-state index >= 15 is 0 Å². The standard InChI is InChI=1S/C15H17FN4O2/c1-19(8-2-7-17)15(22)18-12-9-14(21)20(10-12)13-5-3-11(16)4-6-13/h3-6,12H,2,8-10H2,1H3,(H,18,22)/t12-/m1/s1. The number of rotatable bonds is 4. The summed E-state index contributed by atoms with van der Waals surface area (Å²) < 4.78 is 12.9. The largest absolute Gasteiger partial charge is 0.333 e. The maximum Gasteiger partial charge on any atom is 0.317 e. The zero-order chi connectivity index (χ0) is 16.1. The molecule has 1 aromatic carbocycles. The van der Waals surface area contributed by atoms with Gasteiger partial charge in [-0.05, 0) is 24.3 Å². The van der Waals surface area contributed by atoms with Crippen LogP contribution in [0, 0.1) is 17.1 Å². The minimum absolute atomic E-state index is 0.114. The van der Waals surface area contributed by atoms with E-state index in [1.54, 1.807) is 7.05 Å². The van der Waals surface area contributed by atoms with Crippen LogP contribution in [0.1, 0.15) is 12.8 Å². The van der Waals surface area contributed by atoms with E-state index in [0.717, 1.165) is 0 Å². The van der Waals surface area contributed by atoms with Crippen molar-refractivity contribution in [2.75, 3.05) is 25.0 Å². The van der Waals surface area contributed by atoms with E-state index in [9.17, 15) is 14.0 Å². The summed E-state index contributed by atoms with van der Waals surface area (Å²) in [6, 6.07) is 7.03. The van der Waals surface area contributed by atoms with Gasteiger partial charge in [0.2, 0.25) is 5.91 Å². The van der Waals surface area contributed by atoms with Crippen molar-refractivity contribution in [2.45, 2.75) is 18.9 Å². The number of amides is 3. The Morgan fingerprint density at radius 2 is 2.18 bits per heavy atom. The van der Waals surface area contributed by atoms with Gasteiger partial charge in [-0.1, -0.05) is 0 Å². The molecule has 2 rings (SSSR count). The number of hydrogen-bond donors (Lipinski definition) is 1. The van der Waals surface area contributed by atoms with Gasteiger partial charge in [-0.25, -0.2) is 9.18 Å². The predicted octanol–water partition coefficient (Wildman–Crippen LogP) is 1.49. The molecule has 1 N–H and O–H groups in total. The Morgan fingerprint density at radius 1 is 1.50 bits per heavy atom. The van der Waals surface area contributed by atoms with E-state index in [1.165, 1.54) is 34.1 Å². The highest BCUT2D eigenvalue weighted by molar-refractivity contribution is 5.96. The van der Waals surface area contributed by atoms with Crippen molar-refractivity contribution < 1.29 is 14.0 Å². The van der Waals surface area contributed by atoms with Crippen molar-refractivity contribution >= 4 is 17.6 Å². The summed E-state index contributed by atoms with van der Waals surface area (Å²) in [6.45, 7) is 0.687. The molecule has 6 nitrogen and oxygen atoms in total. The topological polar surface area (TPSA) is 76.4 Å². The van der Waals surface area contributed by atoms with Gasteiger partial charge in [-0.3, -0.25) is 4.79 Å². The van der Waals surface area contributed by atoms with Crippen LogP contribution in [0.4, 0.5) is 14.9 Å². The number of hydrogen-bond acceptors (Lipinski definition) is 3. The molecule has 1 fully saturated rings. The number of carbonyl (C=O) groups is 2. The number of halogens is 1. The summed E-state index contributed by atoms with van der Waals surface area (Å²) in [7, 11) is 1.60. The molecule has 22 heavy (non-hydrogen) atoms. The molecule has 0 spiro atoms. The fourth-order valence-corrected chi connectivity index (χ4v) is 2.28. The van der Waals surface area contributed by atoms with Gasteiger partial charge in [0.15, 0.2) is 0 Å². The van der Waals surface area contributed by atoms with E-state index in [-0.39, 0.29) is 36.6 Å². The third-order valence-corrected chi connectivity index (χ3v) is 3.50. The molecule has 1 atom stereocenters. The third-order valence-electron chi connectivity index (χ3n) is 3.50. The monoisotopic (exact) mass is 304 g/mol. The SMILES string of the molecule is CN(CCC#N)C(=O)N[C@@H]1CC(=O)N(c2ccc(F)cc2)C1. The lowest BCUT2D eigenvalue weighted by Gasteiger charge is -2.20. The molecule has 7 heteroatoms. The van der Waals surface area contributed by atoms with E-state index in [0.29, 0.717) is 18.8 Å². The summed E-state index contributed by atoms with van der Waals surface area (Å²) >= 11 is 0. The summed E-state index contributed by atoms with van der Waals surface area (Å²) in [4.78, 5) is 26.9. The first-order valence-corrected chi connectivity index (χ1v) is 6.95. The van der Waals surface area contributed by atoms with Crippen molar-refractivity contribution in [1.82, 2.24) is 10.2 Å². The highest BCUT2D eigenvalue weighted by atomic mass is 19.1. The number of urea groups is 1. The van der Waals surface area contributed by atoms with Crippen molar-refractivity contribution in [3.8, 4) is 6.07 Å². The minimum Gasteiger partial charge on any atom is -0.333 e. The maximum atomic E-state index is 12.9. The van der Waals surface area contributed by atoms with Crippen LogP contribution in [0.3, 0.4) is 0 Å². The molecule has 3 amide bonds. The number of nitriles is 1. The minimum atomic E-state index is -0.362. The molecule has 1 aromatic rings. The average Bonchev–Trinajstić information content (AvgIpc) is 2.86. The quantitative estimate of drug-likeness (QED) is 0.915. The first-order valence-electron chi connectivity index (χ1n) is 6.95. The highest BCUT2D eigenvalue weighted by Crippen LogP contribution is 2.21. The molecule has 0 saturated carbocycles. The average molecular weight is 304 g/mol. The van der Waals surface area contributed by atoms with Gasteiger partial charge in [0, 0.05) is 32.2 Å². The molecule has 1 heterocycles. The summed E-state index contributed by atoms with van der Waals surface area (Å²) in [5.74, 6) is -0.476. The normalized spacial score (nSPS) is 17.2. The van der Waals surface area contributed by atoms with Gasteiger partial charge in [0.25, 0.3) is 0 Å². The van der Waals surface area contributed by atoms with Gasteiger partial charge >= 0.3 is 6.03 Å². The molecule has 0 aliphatic carbocycles. The number of carbonyl (C=O) groups excluding carboxylic acids is 2. The molecule has 0 radical (unpaired) electrons. The molecular weight excluding hydrogens is 287 g/mol. The lowest BCUT2D eigenvalue weighted by molar-refractivity contribution is -0.117. The fraction of sp³-hybridized carbons (Fsp3) is 0.400. The van der Waals surface area contributed by atoms with Crippen LogP contribution >= 0.6 is 0 Å². The lowest BCUT2D eigenvalue weighted by Crippen LogP contribution is -2.44. The first-order chi connectivity index (χ1) is 10.5. The highest BCUT2D eigenvalue weighted by Gasteiger charge is 2.32. The van der Waals surface area contributed by atoms with Crippen molar-refractivity contribution in [2.24, 2.45) is 0 Å². The Balaban J connectivity index is 1.93. The summed E-state index contributed by atoms with van der Waals surface area (Å²) in [5.41, 5.74) is 0.612. The van der Waals surface area contributed by atoms with Crippen LogP contribution in [0.2, 0.25) is 0 Å². The Bertz CT molecular complexity index is 597. The number of nitrogens with one attached hydrogen (secondary N) is 1. The molecule has 0 unspecified atom stereocenters. The number of anilines is 1. The zero-order valence-electron chi connectivity index (χ0n) is 12.3. The number of nitrogens with zero attached hydrogens (tertiary/aromatic N) is 3. The third kappa shape index (κ3) is 3.73. The number of benzene rings is 1. The van der Waals surface area contributed by atoms with Crippen molar-refractivity contribution in [3.63, 3.8) is 0 Å². The van der Waals surface area contributed by atoms with Crippen LogP contribution in [0.15, 0.2) is 24.3 Å². The van der Waals surface area contributed by atoms with Gasteiger partial charge in [-0.15, -0.1) is 0 Å². The zero-order valence-corrected chi connectivity index (χ0v) is 12.3. The molecular formula is C15H17FN4O2. The van der Waals surface area contributed by atoms with Gasteiger partial charge in [-0.2, -0.15) is 5.26 Å². The Kier molecular flexibility index (Phi) is 4.94. The van der Waals surface area contributed by atoms with Crippen LogP contribution in [-0.2, 0) is 4.79 Å². The molecule has 0 aromatic heterocycles. The molecule has 1 aliphatic rings. The van der Waals surface area contributed by atoms with Crippen LogP contribution < -0.4 is 10.2 Å². The Morgan fingerprint density at radius 3 is 2.82 bits per heavy atom. The van der Waals surface area contributed by atoms with Crippen LogP contribution in [0.5, 0.6) is 0 Å². The second-order valence-corrected chi connectivity index (χ2v) is 5.16. The van der Waals surface area contributed by atoms with Crippen molar-refractivity contribution in [3.05, 3.63) is 30.1 Å². The first kappa shape index (κ1) is 15.8. The molecule has 1 aliphatic heterocycles. The second-order valence-electron chi connectivity index (χ2n) is 5.16. The Labute approximate surface area is 128 Å². The van der Waals surface area contributed by atoms with E-state index < -0.39 is 0 Å². The van der Waals surface area contributed by atoms with Gasteiger partial charge in [0.05, 0.1) is 18.5 Å². The predicted molar refractivity (Wildman–Crippen MR) is 78.5 cm³/mol. The molecule has 0 bridgehead atoms. The van der Waals surface area contributed by atoms with Crippen LogP contribution in [-0.4, -0.2) is 43.0 Å². The maximum absolute atomic E-state index is 12.9. The van der Waals surface area contributed by atoms with Crippen LogP contribution in [0.25, 0.3) is 0 Å². The molecule has 1 saturated heterocycles. The smallest absolute Gasteiger partial charge is 0.317 e. The van der Waals surface area contributed by atoms with Gasteiger partial charge in [0.1, 0.15) is 5.82 Å². The lowest BCUT2D eigenvalue weighted by atomic mass is 10.2. The second kappa shape index (κ2) is 6.89. The molecule has 116 valence electrons. The van der Waals surface area contributed by atoms with E-state index in [4.69, 9.17) is 5.26 Å².